The number of pyridine rings is 1. The van der Waals surface area contributed by atoms with Gasteiger partial charge in [-0.05, 0) is 41.5 Å². The fourth-order valence-electron chi connectivity index (χ4n) is 3.17. The van der Waals surface area contributed by atoms with Crippen molar-refractivity contribution in [2.75, 3.05) is 0 Å². The van der Waals surface area contributed by atoms with Gasteiger partial charge in [0.05, 0.1) is 23.1 Å². The second-order valence-electron chi connectivity index (χ2n) is 7.24. The molecule has 0 aliphatic rings. The third-order valence-corrected chi connectivity index (χ3v) is 4.61. The van der Waals surface area contributed by atoms with Crippen LogP contribution in [0.15, 0.2) is 53.5 Å². The lowest BCUT2D eigenvalue weighted by molar-refractivity contribution is 0.835. The van der Waals surface area contributed by atoms with E-state index in [2.05, 4.69) is 77.1 Å². The summed E-state index contributed by atoms with van der Waals surface area (Å²) in [5.41, 5.74) is 6.82. The first-order chi connectivity index (χ1) is 12.0. The predicted octanol–water partition coefficient (Wildman–Crippen LogP) is 6.54. The first-order valence-electron chi connectivity index (χ1n) is 9.00. The summed E-state index contributed by atoms with van der Waals surface area (Å²) >= 11 is 0. The lowest BCUT2D eigenvalue weighted by Gasteiger charge is -2.16. The molecule has 1 heterocycles. The van der Waals surface area contributed by atoms with Crippen molar-refractivity contribution in [3.8, 4) is 0 Å². The Labute approximate surface area is 150 Å². The maximum atomic E-state index is 4.87. The molecule has 0 saturated heterocycles. The van der Waals surface area contributed by atoms with Crippen LogP contribution in [0.1, 0.15) is 61.9 Å². The van der Waals surface area contributed by atoms with Crippen LogP contribution in [0.25, 0.3) is 10.9 Å². The summed E-state index contributed by atoms with van der Waals surface area (Å²) in [7, 11) is 0. The number of aryl methyl sites for hydroxylation is 1. The molecule has 0 N–H and O–H groups in total. The molecule has 2 nitrogen and oxygen atoms in total. The monoisotopic (exact) mass is 330 g/mol. The molecule has 1 aromatic heterocycles. The number of aliphatic imine (C=N–C) groups is 1. The molecule has 0 amide bonds. The van der Waals surface area contributed by atoms with Gasteiger partial charge >= 0.3 is 0 Å². The van der Waals surface area contributed by atoms with Crippen LogP contribution < -0.4 is 0 Å². The molecule has 25 heavy (non-hydrogen) atoms. The fourth-order valence-corrected chi connectivity index (χ4v) is 3.17. The lowest BCUT2D eigenvalue weighted by Crippen LogP contribution is -1.96. The highest BCUT2D eigenvalue weighted by molar-refractivity contribution is 5.88. The summed E-state index contributed by atoms with van der Waals surface area (Å²) in [6.07, 6.45) is 1.90. The van der Waals surface area contributed by atoms with Crippen molar-refractivity contribution in [1.29, 1.82) is 0 Å². The van der Waals surface area contributed by atoms with E-state index in [9.17, 15) is 0 Å². The van der Waals surface area contributed by atoms with Gasteiger partial charge < -0.3 is 0 Å². The first-order valence-corrected chi connectivity index (χ1v) is 9.00. The third kappa shape index (κ3) is 3.63. The quantitative estimate of drug-likeness (QED) is 0.498. The van der Waals surface area contributed by atoms with Gasteiger partial charge in [-0.2, -0.15) is 0 Å². The summed E-state index contributed by atoms with van der Waals surface area (Å²) in [4.78, 5) is 9.66. The van der Waals surface area contributed by atoms with E-state index in [-0.39, 0.29) is 0 Å². The average molecular weight is 330 g/mol. The zero-order valence-corrected chi connectivity index (χ0v) is 15.7. The maximum Gasteiger partial charge on any atom is 0.0820 e. The Balaban J connectivity index is 2.06. The minimum absolute atomic E-state index is 0.442. The third-order valence-electron chi connectivity index (χ3n) is 4.61. The summed E-state index contributed by atoms with van der Waals surface area (Å²) in [5, 5.41) is 1.17. The molecule has 2 aromatic carbocycles. The number of nitrogens with zero attached hydrogens (tertiary/aromatic N) is 2. The van der Waals surface area contributed by atoms with E-state index in [0.717, 1.165) is 16.9 Å². The lowest BCUT2D eigenvalue weighted by atomic mass is 9.93. The van der Waals surface area contributed by atoms with E-state index >= 15 is 0 Å². The normalized spacial score (nSPS) is 12.0. The average Bonchev–Trinajstić information content (AvgIpc) is 2.60. The number of hydrogen-bond acceptors (Lipinski definition) is 2. The molecule has 0 spiro atoms. The zero-order chi connectivity index (χ0) is 18.0. The van der Waals surface area contributed by atoms with Crippen molar-refractivity contribution in [3.05, 3.63) is 70.9 Å². The van der Waals surface area contributed by atoms with E-state index in [1.165, 1.54) is 22.1 Å². The summed E-state index contributed by atoms with van der Waals surface area (Å²) in [6.45, 7) is 11.0. The Morgan fingerprint density at radius 2 is 1.48 bits per heavy atom. The molecule has 0 radical (unpaired) electrons. The Bertz CT molecular complexity index is 894. The zero-order valence-electron chi connectivity index (χ0n) is 15.7. The van der Waals surface area contributed by atoms with Crippen LogP contribution in [0, 0.1) is 6.92 Å². The smallest absolute Gasteiger partial charge is 0.0820 e. The van der Waals surface area contributed by atoms with E-state index in [4.69, 9.17) is 9.98 Å². The van der Waals surface area contributed by atoms with Crippen molar-refractivity contribution in [2.24, 2.45) is 4.99 Å². The highest BCUT2D eigenvalue weighted by Crippen LogP contribution is 2.34. The molecule has 128 valence electrons. The van der Waals surface area contributed by atoms with Crippen LogP contribution in [0.5, 0.6) is 0 Å². The van der Waals surface area contributed by atoms with Gasteiger partial charge in [-0.1, -0.05) is 70.2 Å². The van der Waals surface area contributed by atoms with Crippen LogP contribution in [-0.4, -0.2) is 11.2 Å². The van der Waals surface area contributed by atoms with Gasteiger partial charge in [0.25, 0.3) is 0 Å². The van der Waals surface area contributed by atoms with Crippen LogP contribution in [-0.2, 0) is 0 Å². The molecule has 0 aliphatic carbocycles. The van der Waals surface area contributed by atoms with Crippen LogP contribution >= 0.6 is 0 Å². The van der Waals surface area contributed by atoms with Crippen molar-refractivity contribution < 1.29 is 0 Å². The first kappa shape index (κ1) is 17.3. The summed E-state index contributed by atoms with van der Waals surface area (Å²) in [6, 6.07) is 16.9. The van der Waals surface area contributed by atoms with E-state index in [1.807, 2.05) is 12.3 Å². The number of fused-ring (bicyclic) bond motifs is 1. The highest BCUT2D eigenvalue weighted by Gasteiger charge is 2.12. The molecular formula is C23H26N2. The minimum atomic E-state index is 0.442. The molecule has 2 heteroatoms. The van der Waals surface area contributed by atoms with E-state index in [0.29, 0.717) is 11.8 Å². The molecule has 0 atom stereocenters. The fraction of sp³-hybridized carbons (Fsp3) is 0.304. The standard InChI is InChI=1S/C23H26N2/c1-15(2)20-10-7-11-21(16(3)4)23(20)24-14-19-13-12-18-9-6-8-17(5)22(18)25-19/h6-16H,1-5H3. The minimum Gasteiger partial charge on any atom is -0.254 e. The number of aromatic nitrogens is 1. The van der Waals surface area contributed by atoms with Gasteiger partial charge in [0.2, 0.25) is 0 Å². The molecule has 0 aliphatic heterocycles. The SMILES string of the molecule is Cc1cccc2ccc(C=Nc3c(C(C)C)cccc3C(C)C)nc12. The van der Waals surface area contributed by atoms with Crippen LogP contribution in [0.2, 0.25) is 0 Å². The van der Waals surface area contributed by atoms with Crippen LogP contribution in [0.4, 0.5) is 5.69 Å². The highest BCUT2D eigenvalue weighted by atomic mass is 14.8. The molecule has 3 aromatic rings. The van der Waals surface area contributed by atoms with E-state index in [1.54, 1.807) is 0 Å². The Kier molecular flexibility index (Phi) is 4.98. The van der Waals surface area contributed by atoms with Gasteiger partial charge in [0, 0.05) is 5.39 Å². The van der Waals surface area contributed by atoms with Crippen LogP contribution in [0.3, 0.4) is 0 Å². The molecule has 3 rings (SSSR count). The van der Waals surface area contributed by atoms with Gasteiger partial charge in [0.1, 0.15) is 0 Å². The molecule has 0 saturated carbocycles. The van der Waals surface area contributed by atoms with Crippen molar-refractivity contribution in [3.63, 3.8) is 0 Å². The largest absolute Gasteiger partial charge is 0.254 e. The van der Waals surface area contributed by atoms with Crippen molar-refractivity contribution in [2.45, 2.75) is 46.5 Å². The number of hydrogen-bond donors (Lipinski definition) is 0. The van der Waals surface area contributed by atoms with Gasteiger partial charge in [0.15, 0.2) is 0 Å². The number of benzene rings is 2. The summed E-state index contributed by atoms with van der Waals surface area (Å²) < 4.78 is 0. The molecule has 0 unspecified atom stereocenters. The van der Waals surface area contributed by atoms with Crippen molar-refractivity contribution >= 4 is 22.8 Å². The molecular weight excluding hydrogens is 304 g/mol. The van der Waals surface area contributed by atoms with E-state index < -0.39 is 0 Å². The van der Waals surface area contributed by atoms with Gasteiger partial charge in [-0.25, -0.2) is 4.98 Å². The Morgan fingerprint density at radius 1 is 0.840 bits per heavy atom. The van der Waals surface area contributed by atoms with Gasteiger partial charge in [-0.3, -0.25) is 4.99 Å². The maximum absolute atomic E-state index is 4.87. The topological polar surface area (TPSA) is 25.2 Å². The second kappa shape index (κ2) is 7.18. The Hall–Kier alpha value is -2.48. The van der Waals surface area contributed by atoms with Crippen molar-refractivity contribution in [1.82, 2.24) is 4.98 Å². The summed E-state index contributed by atoms with van der Waals surface area (Å²) in [5.74, 6) is 0.885. The van der Waals surface area contributed by atoms with Gasteiger partial charge in [-0.15, -0.1) is 0 Å². The number of para-hydroxylation sites is 2. The number of rotatable bonds is 4. The molecule has 0 bridgehead atoms. The predicted molar refractivity (Wildman–Crippen MR) is 108 cm³/mol. The molecule has 0 fully saturated rings. The Morgan fingerprint density at radius 3 is 2.12 bits per heavy atom. The second-order valence-corrected chi connectivity index (χ2v) is 7.24.